The maximum atomic E-state index is 9.34. The molecule has 0 aliphatic carbocycles. The summed E-state index contributed by atoms with van der Waals surface area (Å²) in [6.07, 6.45) is 1.62. The quantitative estimate of drug-likeness (QED) is 0.715. The molecule has 27 heavy (non-hydrogen) atoms. The summed E-state index contributed by atoms with van der Waals surface area (Å²) in [5.41, 5.74) is 2.35. The second-order valence-corrected chi connectivity index (χ2v) is 7.06. The van der Waals surface area contributed by atoms with Crippen LogP contribution in [-0.2, 0) is 0 Å². The summed E-state index contributed by atoms with van der Waals surface area (Å²) in [5, 5.41) is 12.8. The van der Waals surface area contributed by atoms with Crippen LogP contribution in [0.1, 0.15) is 26.5 Å². The maximum Gasteiger partial charge on any atom is 0.203 e. The van der Waals surface area contributed by atoms with Crippen LogP contribution in [0.4, 0.5) is 5.82 Å². The van der Waals surface area contributed by atoms with Gasteiger partial charge in [-0.3, -0.25) is 4.40 Å². The van der Waals surface area contributed by atoms with Crippen molar-refractivity contribution < 1.29 is 14.2 Å². The minimum atomic E-state index is -0.207. The van der Waals surface area contributed by atoms with Gasteiger partial charge in [0.1, 0.15) is 18.2 Å². The van der Waals surface area contributed by atoms with Crippen molar-refractivity contribution in [1.82, 2.24) is 14.4 Å². The van der Waals surface area contributed by atoms with E-state index in [4.69, 9.17) is 14.2 Å². The maximum absolute atomic E-state index is 9.34. The number of ether oxygens (including phenoxy) is 3. The van der Waals surface area contributed by atoms with Gasteiger partial charge in [-0.1, -0.05) is 0 Å². The Labute approximate surface area is 157 Å². The van der Waals surface area contributed by atoms with Crippen LogP contribution in [0.15, 0.2) is 18.5 Å². The van der Waals surface area contributed by atoms with Gasteiger partial charge in [0, 0.05) is 11.1 Å². The van der Waals surface area contributed by atoms with Crippen LogP contribution in [0.3, 0.4) is 0 Å². The van der Waals surface area contributed by atoms with Crippen molar-refractivity contribution in [2.24, 2.45) is 0 Å². The highest BCUT2D eigenvalue weighted by Crippen LogP contribution is 2.43. The molecular formula is C19H23N5O3. The van der Waals surface area contributed by atoms with Gasteiger partial charge in [-0.25, -0.2) is 4.98 Å². The fourth-order valence-electron chi connectivity index (χ4n) is 2.93. The van der Waals surface area contributed by atoms with Gasteiger partial charge in [-0.05, 0) is 32.9 Å². The Bertz CT molecular complexity index is 996. The lowest BCUT2D eigenvalue weighted by atomic mass is 10.1. The lowest BCUT2D eigenvalue weighted by Crippen LogP contribution is -2.27. The van der Waals surface area contributed by atoms with Crippen LogP contribution in [0.25, 0.3) is 16.9 Å². The zero-order valence-corrected chi connectivity index (χ0v) is 16.3. The van der Waals surface area contributed by atoms with E-state index >= 15 is 0 Å². The number of nitrogens with one attached hydrogen (secondary N) is 2. The molecule has 0 bridgehead atoms. The molecule has 0 spiro atoms. The Morgan fingerprint density at radius 1 is 1.11 bits per heavy atom. The second kappa shape index (κ2) is 6.76. The molecule has 142 valence electrons. The third-order valence-corrected chi connectivity index (χ3v) is 4.04. The minimum absolute atomic E-state index is 0.207. The van der Waals surface area contributed by atoms with E-state index in [0.29, 0.717) is 28.6 Å². The van der Waals surface area contributed by atoms with E-state index in [1.807, 2.05) is 16.5 Å². The first-order valence-corrected chi connectivity index (χ1v) is 8.40. The summed E-state index contributed by atoms with van der Waals surface area (Å²) in [5.74, 6) is 2.41. The third kappa shape index (κ3) is 3.24. The first kappa shape index (κ1) is 18.5. The molecule has 1 aromatic carbocycles. The monoisotopic (exact) mass is 369 g/mol. The molecule has 0 saturated carbocycles. The van der Waals surface area contributed by atoms with E-state index in [1.165, 1.54) is 0 Å². The number of nitriles is 1. The van der Waals surface area contributed by atoms with Crippen molar-refractivity contribution in [3.8, 4) is 34.6 Å². The van der Waals surface area contributed by atoms with E-state index in [0.717, 1.165) is 17.1 Å². The first-order chi connectivity index (χ1) is 12.8. The lowest BCUT2D eigenvalue weighted by Gasteiger charge is -2.22. The molecule has 0 unspecified atom stereocenters. The highest BCUT2D eigenvalue weighted by molar-refractivity contribution is 5.81. The molecule has 2 aromatic heterocycles. The molecule has 0 atom stereocenters. The largest absolute Gasteiger partial charge is 0.493 e. The Morgan fingerprint density at radius 3 is 2.22 bits per heavy atom. The van der Waals surface area contributed by atoms with Gasteiger partial charge in [-0.15, -0.1) is 0 Å². The molecule has 3 rings (SSSR count). The zero-order chi connectivity index (χ0) is 19.8. The number of H-pyrrole nitrogens is 1. The predicted molar refractivity (Wildman–Crippen MR) is 103 cm³/mol. The fourth-order valence-corrected chi connectivity index (χ4v) is 2.93. The number of methoxy groups -OCH3 is 3. The topological polar surface area (TPSA) is 96.6 Å². The fraction of sp³-hybridized carbons (Fsp3) is 0.368. The van der Waals surface area contributed by atoms with Gasteiger partial charge in [-0.2, -0.15) is 5.26 Å². The number of benzene rings is 1. The van der Waals surface area contributed by atoms with Crippen LogP contribution in [-0.4, -0.2) is 41.2 Å². The predicted octanol–water partition coefficient (Wildman–Crippen LogP) is 3.44. The molecular weight excluding hydrogens is 346 g/mol. The van der Waals surface area contributed by atoms with Gasteiger partial charge < -0.3 is 24.5 Å². The summed E-state index contributed by atoms with van der Waals surface area (Å²) < 4.78 is 18.2. The molecule has 2 heterocycles. The Morgan fingerprint density at radius 2 is 1.74 bits per heavy atom. The number of aromatic nitrogens is 3. The summed E-state index contributed by atoms with van der Waals surface area (Å²) >= 11 is 0. The second-order valence-electron chi connectivity index (χ2n) is 7.06. The number of fused-ring (bicyclic) bond motifs is 1. The smallest absolute Gasteiger partial charge is 0.203 e. The molecule has 0 amide bonds. The number of nitrogens with zero attached hydrogens (tertiary/aromatic N) is 3. The van der Waals surface area contributed by atoms with Gasteiger partial charge in [0.2, 0.25) is 5.75 Å². The van der Waals surface area contributed by atoms with Crippen molar-refractivity contribution >= 4 is 11.5 Å². The molecule has 3 aromatic rings. The Hall–Kier alpha value is -3.34. The van der Waals surface area contributed by atoms with Crippen LogP contribution in [0.5, 0.6) is 17.2 Å². The average Bonchev–Trinajstić information content (AvgIpc) is 3.19. The SMILES string of the molecule is COc1cc(-c2[nH]c3c(C#N)ncn3c2NC(C)(C)C)cc(OC)c1OC. The van der Waals surface area contributed by atoms with Gasteiger partial charge >= 0.3 is 0 Å². The summed E-state index contributed by atoms with van der Waals surface area (Å²) in [4.78, 5) is 7.46. The van der Waals surface area contributed by atoms with Crippen LogP contribution < -0.4 is 19.5 Å². The molecule has 2 N–H and O–H groups in total. The number of hydrogen-bond donors (Lipinski definition) is 2. The normalized spacial score (nSPS) is 11.3. The standard InChI is InChI=1S/C19H23N5O3/c1-19(2,3)23-18-15(22-17-12(9-20)21-10-24(17)18)11-7-13(25-4)16(27-6)14(8-11)26-5/h7-8,10,22-23H,1-6H3. The highest BCUT2D eigenvalue weighted by atomic mass is 16.5. The number of hydrogen-bond acceptors (Lipinski definition) is 6. The van der Waals surface area contributed by atoms with Crippen LogP contribution >= 0.6 is 0 Å². The third-order valence-electron chi connectivity index (χ3n) is 4.04. The van der Waals surface area contributed by atoms with E-state index < -0.39 is 0 Å². The van der Waals surface area contributed by atoms with Crippen molar-refractivity contribution in [1.29, 1.82) is 5.26 Å². The Kier molecular flexibility index (Phi) is 4.62. The van der Waals surface area contributed by atoms with Crippen molar-refractivity contribution in [2.45, 2.75) is 26.3 Å². The van der Waals surface area contributed by atoms with Gasteiger partial charge in [0.05, 0.1) is 27.0 Å². The number of imidazole rings is 2. The zero-order valence-electron chi connectivity index (χ0n) is 16.3. The van der Waals surface area contributed by atoms with Gasteiger partial charge in [0.25, 0.3) is 0 Å². The summed E-state index contributed by atoms with van der Waals surface area (Å²) in [6, 6.07) is 5.83. The lowest BCUT2D eigenvalue weighted by molar-refractivity contribution is 0.324. The Balaban J connectivity index is 2.29. The van der Waals surface area contributed by atoms with E-state index in [2.05, 4.69) is 42.1 Å². The average molecular weight is 369 g/mol. The summed E-state index contributed by atoms with van der Waals surface area (Å²) in [7, 11) is 4.72. The molecule has 0 radical (unpaired) electrons. The van der Waals surface area contributed by atoms with Crippen LogP contribution in [0, 0.1) is 11.3 Å². The molecule has 0 fully saturated rings. The first-order valence-electron chi connectivity index (χ1n) is 8.40. The van der Waals surface area contributed by atoms with Crippen molar-refractivity contribution in [3.63, 3.8) is 0 Å². The molecule has 8 heteroatoms. The van der Waals surface area contributed by atoms with E-state index in [9.17, 15) is 5.26 Å². The molecule has 0 aliphatic heterocycles. The van der Waals surface area contributed by atoms with Crippen molar-refractivity contribution in [3.05, 3.63) is 24.2 Å². The van der Waals surface area contributed by atoms with Crippen LogP contribution in [0.2, 0.25) is 0 Å². The van der Waals surface area contributed by atoms with Crippen molar-refractivity contribution in [2.75, 3.05) is 26.6 Å². The number of aromatic amines is 1. The minimum Gasteiger partial charge on any atom is -0.493 e. The summed E-state index contributed by atoms with van der Waals surface area (Å²) in [6.45, 7) is 6.19. The highest BCUT2D eigenvalue weighted by Gasteiger charge is 2.23. The number of anilines is 1. The van der Waals surface area contributed by atoms with Gasteiger partial charge in [0.15, 0.2) is 22.8 Å². The van der Waals surface area contributed by atoms with E-state index in [-0.39, 0.29) is 5.54 Å². The molecule has 0 aliphatic rings. The molecule has 0 saturated heterocycles. The molecule has 8 nitrogen and oxygen atoms in total. The van der Waals surface area contributed by atoms with E-state index in [1.54, 1.807) is 27.7 Å². The number of rotatable bonds is 5.